The van der Waals surface area contributed by atoms with Gasteiger partial charge in [-0.2, -0.15) is 0 Å². The Morgan fingerprint density at radius 1 is 0.909 bits per heavy atom. The molecule has 2 nitrogen and oxygen atoms in total. The van der Waals surface area contributed by atoms with E-state index in [9.17, 15) is 0 Å². The minimum absolute atomic E-state index is 0. The van der Waals surface area contributed by atoms with Crippen molar-refractivity contribution in [2.24, 2.45) is 0 Å². The first-order valence-corrected chi connectivity index (χ1v) is 9.27. The summed E-state index contributed by atoms with van der Waals surface area (Å²) < 4.78 is 13.4. The molecule has 0 atom stereocenters. The van der Waals surface area contributed by atoms with Crippen LogP contribution in [-0.4, -0.2) is 46.0 Å². The van der Waals surface area contributed by atoms with Gasteiger partial charge in [0, 0.05) is 0 Å². The van der Waals surface area contributed by atoms with E-state index in [1.165, 1.54) is 8.94 Å². The summed E-state index contributed by atoms with van der Waals surface area (Å²) in [5.74, 6) is 0. The van der Waals surface area contributed by atoms with Crippen LogP contribution in [0.4, 0.5) is 0 Å². The Kier molecular flexibility index (Phi) is 9.11. The summed E-state index contributed by atoms with van der Waals surface area (Å²) in [4.78, 5) is 2.42. The minimum atomic E-state index is -0.718. The fourth-order valence-corrected chi connectivity index (χ4v) is 3.71. The van der Waals surface area contributed by atoms with Gasteiger partial charge >= 0.3 is 69.4 Å². The third kappa shape index (κ3) is 6.59. The summed E-state index contributed by atoms with van der Waals surface area (Å²) in [5.41, 5.74) is 0. The van der Waals surface area contributed by atoms with Gasteiger partial charge in [-0.05, 0) is 0 Å². The molecule has 0 aliphatic carbocycles. The summed E-state index contributed by atoms with van der Waals surface area (Å²) in [6.07, 6.45) is 0. The molecule has 1 aliphatic heterocycles. The summed E-state index contributed by atoms with van der Waals surface area (Å²) >= 11 is -0.718. The molecule has 0 spiro atoms. The molecule has 1 heterocycles. The Labute approximate surface area is 92.7 Å². The third-order valence-corrected chi connectivity index (χ3v) is 6.45. The maximum Gasteiger partial charge on any atom is -1.00 e. The van der Waals surface area contributed by atoms with Gasteiger partial charge in [0.05, 0.1) is 0 Å². The predicted molar refractivity (Wildman–Crippen MR) is 42.9 cm³/mol. The SMILES string of the molecule is C[Te+]1CCOCCOCC1.[I-]. The normalized spacial score (nSPS) is 22.6. The van der Waals surface area contributed by atoms with Gasteiger partial charge in [0.1, 0.15) is 0 Å². The van der Waals surface area contributed by atoms with Gasteiger partial charge in [-0.3, -0.25) is 0 Å². The van der Waals surface area contributed by atoms with E-state index >= 15 is 0 Å². The Hall–Kier alpha value is 1.44. The largest absolute Gasteiger partial charge is 1.00 e. The molecule has 0 bridgehead atoms. The molecule has 1 aliphatic rings. The van der Waals surface area contributed by atoms with E-state index in [0.717, 1.165) is 26.4 Å². The van der Waals surface area contributed by atoms with E-state index in [2.05, 4.69) is 4.97 Å². The van der Waals surface area contributed by atoms with Crippen LogP contribution in [0.5, 0.6) is 0 Å². The van der Waals surface area contributed by atoms with E-state index in [1.54, 1.807) is 0 Å². The molecular formula is C7H15IO2Te. The van der Waals surface area contributed by atoms with Gasteiger partial charge in [0.25, 0.3) is 0 Å². The smallest absolute Gasteiger partial charge is 1.00 e. The molecule has 1 saturated heterocycles. The van der Waals surface area contributed by atoms with Gasteiger partial charge in [0.15, 0.2) is 0 Å². The minimum Gasteiger partial charge on any atom is -1.00 e. The van der Waals surface area contributed by atoms with Crippen LogP contribution in [0.3, 0.4) is 0 Å². The van der Waals surface area contributed by atoms with Crippen LogP contribution in [0, 0.1) is 0 Å². The first kappa shape index (κ1) is 12.4. The van der Waals surface area contributed by atoms with Crippen molar-refractivity contribution in [3.8, 4) is 0 Å². The molecule has 0 amide bonds. The van der Waals surface area contributed by atoms with Crippen molar-refractivity contribution in [3.63, 3.8) is 0 Å². The second-order valence-electron chi connectivity index (χ2n) is 2.41. The van der Waals surface area contributed by atoms with Crippen LogP contribution < -0.4 is 24.0 Å². The molecule has 0 saturated carbocycles. The average molecular weight is 386 g/mol. The first-order chi connectivity index (χ1) is 4.89. The molecule has 0 radical (unpaired) electrons. The molecule has 0 N–H and O–H groups in total. The van der Waals surface area contributed by atoms with E-state index in [0.29, 0.717) is 0 Å². The van der Waals surface area contributed by atoms with Crippen molar-refractivity contribution < 1.29 is 33.5 Å². The van der Waals surface area contributed by atoms with Gasteiger partial charge in [-0.25, -0.2) is 0 Å². The van der Waals surface area contributed by atoms with Crippen molar-refractivity contribution in [1.82, 2.24) is 0 Å². The Bertz CT molecular complexity index is 82.5. The summed E-state index contributed by atoms with van der Waals surface area (Å²) in [6.45, 7) is 3.56. The summed E-state index contributed by atoms with van der Waals surface area (Å²) in [5, 5.41) is 0. The maximum atomic E-state index is 5.34. The predicted octanol–water partition coefficient (Wildman–Crippen LogP) is -1.84. The van der Waals surface area contributed by atoms with Crippen molar-refractivity contribution in [2.45, 2.75) is 13.9 Å². The molecular weight excluding hydrogens is 371 g/mol. The Morgan fingerprint density at radius 2 is 1.36 bits per heavy atom. The van der Waals surface area contributed by atoms with E-state index in [-0.39, 0.29) is 24.0 Å². The van der Waals surface area contributed by atoms with Gasteiger partial charge < -0.3 is 24.0 Å². The fraction of sp³-hybridized carbons (Fsp3) is 1.00. The standard InChI is InChI=1S/C7H15O2Te.HI/c1-10-6-4-8-2-3-9-5-7-10;/h2-7H2,1H3;1H/q+1;/p-1. The molecule has 1 fully saturated rings. The van der Waals surface area contributed by atoms with Crippen LogP contribution >= 0.6 is 0 Å². The average Bonchev–Trinajstić information content (AvgIpc) is 2.02. The van der Waals surface area contributed by atoms with Crippen molar-refractivity contribution in [3.05, 3.63) is 0 Å². The fourth-order valence-electron chi connectivity index (χ4n) is 0.826. The number of ether oxygens (including phenoxy) is 2. The topological polar surface area (TPSA) is 18.5 Å². The van der Waals surface area contributed by atoms with Crippen LogP contribution in [-0.2, 0) is 9.47 Å². The molecule has 0 aromatic heterocycles. The number of rotatable bonds is 0. The second kappa shape index (κ2) is 8.06. The van der Waals surface area contributed by atoms with Crippen molar-refractivity contribution in [1.29, 1.82) is 0 Å². The van der Waals surface area contributed by atoms with Crippen LogP contribution in [0.1, 0.15) is 0 Å². The van der Waals surface area contributed by atoms with Gasteiger partial charge in [0.2, 0.25) is 0 Å². The monoisotopic (exact) mass is 388 g/mol. The van der Waals surface area contributed by atoms with Gasteiger partial charge in [-0.1, -0.05) is 0 Å². The summed E-state index contributed by atoms with van der Waals surface area (Å²) in [7, 11) is 0. The molecule has 0 aromatic carbocycles. The van der Waals surface area contributed by atoms with E-state index in [4.69, 9.17) is 9.47 Å². The molecule has 4 heteroatoms. The number of hydrogen-bond donors (Lipinski definition) is 0. The van der Waals surface area contributed by atoms with Crippen molar-refractivity contribution >= 4 is 19.6 Å². The summed E-state index contributed by atoms with van der Waals surface area (Å²) in [6, 6.07) is 0. The quantitative estimate of drug-likeness (QED) is 0.360. The maximum absolute atomic E-state index is 5.34. The third-order valence-electron chi connectivity index (χ3n) is 1.52. The Balaban J connectivity index is 0.000001000. The zero-order chi connectivity index (χ0) is 7.23. The van der Waals surface area contributed by atoms with Crippen LogP contribution in [0.2, 0.25) is 13.9 Å². The molecule has 1 rings (SSSR count). The zero-order valence-electron chi connectivity index (χ0n) is 6.85. The molecule has 0 unspecified atom stereocenters. The number of hydrogen-bond acceptors (Lipinski definition) is 2. The first-order valence-electron chi connectivity index (χ1n) is 3.64. The molecule has 11 heavy (non-hydrogen) atoms. The van der Waals surface area contributed by atoms with Crippen LogP contribution in [0.15, 0.2) is 0 Å². The van der Waals surface area contributed by atoms with E-state index < -0.39 is 19.6 Å². The van der Waals surface area contributed by atoms with Gasteiger partial charge in [-0.15, -0.1) is 0 Å². The van der Waals surface area contributed by atoms with Crippen LogP contribution in [0.25, 0.3) is 0 Å². The number of halogens is 1. The zero-order valence-corrected chi connectivity index (χ0v) is 11.3. The Morgan fingerprint density at radius 3 is 1.82 bits per heavy atom. The van der Waals surface area contributed by atoms with E-state index in [1.807, 2.05) is 0 Å². The molecule has 0 aromatic rings. The second-order valence-corrected chi connectivity index (χ2v) is 9.21. The van der Waals surface area contributed by atoms with Crippen molar-refractivity contribution in [2.75, 3.05) is 26.4 Å². The molecule has 68 valence electrons.